The second-order valence-electron chi connectivity index (χ2n) is 5.08. The van der Waals surface area contributed by atoms with E-state index in [-0.39, 0.29) is 0 Å². The second kappa shape index (κ2) is 7.93. The molecule has 3 heteroatoms. The lowest BCUT2D eigenvalue weighted by Crippen LogP contribution is -1.93. The van der Waals surface area contributed by atoms with Gasteiger partial charge in [-0.2, -0.15) is 0 Å². The van der Waals surface area contributed by atoms with Gasteiger partial charge in [0, 0.05) is 5.56 Å². The highest BCUT2D eigenvalue weighted by Crippen LogP contribution is 2.14. The quantitative estimate of drug-likeness (QED) is 0.628. The molecular formula is C19H21N3. The van der Waals surface area contributed by atoms with Gasteiger partial charge in [-0.3, -0.25) is 0 Å². The Balaban J connectivity index is 0.000000309. The van der Waals surface area contributed by atoms with Crippen molar-refractivity contribution in [3.63, 3.8) is 0 Å². The summed E-state index contributed by atoms with van der Waals surface area (Å²) in [5.74, 6) is 0.745. The van der Waals surface area contributed by atoms with Gasteiger partial charge in [-0.05, 0) is 32.9 Å². The summed E-state index contributed by atoms with van der Waals surface area (Å²) in [6.07, 6.45) is 3.82. The van der Waals surface area contributed by atoms with Gasteiger partial charge in [-0.1, -0.05) is 60.2 Å². The van der Waals surface area contributed by atoms with Gasteiger partial charge in [0.05, 0.1) is 5.69 Å². The summed E-state index contributed by atoms with van der Waals surface area (Å²) in [6, 6.07) is 19.9. The van der Waals surface area contributed by atoms with E-state index in [0.717, 1.165) is 17.1 Å². The molecule has 0 amide bonds. The minimum atomic E-state index is 0.745. The van der Waals surface area contributed by atoms with Crippen molar-refractivity contribution in [3.05, 3.63) is 78.6 Å². The van der Waals surface area contributed by atoms with Crippen LogP contribution in [0.2, 0.25) is 0 Å². The van der Waals surface area contributed by atoms with Crippen LogP contribution in [0.5, 0.6) is 0 Å². The van der Waals surface area contributed by atoms with Gasteiger partial charge in [0.2, 0.25) is 0 Å². The molecule has 3 nitrogen and oxygen atoms in total. The molecule has 0 unspecified atom stereocenters. The van der Waals surface area contributed by atoms with Gasteiger partial charge in [-0.15, -0.1) is 5.10 Å². The Labute approximate surface area is 132 Å². The lowest BCUT2D eigenvalue weighted by atomic mass is 10.2. The predicted molar refractivity (Wildman–Crippen MR) is 91.9 cm³/mol. The Morgan fingerprint density at radius 3 is 2.00 bits per heavy atom. The lowest BCUT2D eigenvalue weighted by molar-refractivity contribution is 0.882. The summed E-state index contributed by atoms with van der Waals surface area (Å²) >= 11 is 0. The maximum Gasteiger partial charge on any atom is 0.181 e. The SMILES string of the molecule is CC=C(C)C.c1ccc(-c2ncn(-c3ccccc3)n2)cc1. The lowest BCUT2D eigenvalue weighted by Gasteiger charge is -1.98. The molecule has 0 radical (unpaired) electrons. The zero-order valence-electron chi connectivity index (χ0n) is 13.3. The highest BCUT2D eigenvalue weighted by atomic mass is 15.3. The average molecular weight is 291 g/mol. The van der Waals surface area contributed by atoms with Gasteiger partial charge >= 0.3 is 0 Å². The summed E-state index contributed by atoms with van der Waals surface area (Å²) in [7, 11) is 0. The highest BCUT2D eigenvalue weighted by Gasteiger charge is 2.03. The topological polar surface area (TPSA) is 30.7 Å². The molecule has 3 aromatic rings. The molecule has 0 saturated heterocycles. The minimum absolute atomic E-state index is 0.745. The van der Waals surface area contributed by atoms with Crippen molar-refractivity contribution in [1.82, 2.24) is 14.8 Å². The van der Waals surface area contributed by atoms with Crippen molar-refractivity contribution in [2.75, 3.05) is 0 Å². The van der Waals surface area contributed by atoms with Crippen LogP contribution in [0, 0.1) is 0 Å². The highest BCUT2D eigenvalue weighted by molar-refractivity contribution is 5.54. The molecule has 0 atom stereocenters. The number of rotatable bonds is 2. The predicted octanol–water partition coefficient (Wildman–Crippen LogP) is 4.91. The summed E-state index contributed by atoms with van der Waals surface area (Å²) in [4.78, 5) is 4.31. The fraction of sp³-hybridized carbons (Fsp3) is 0.158. The molecule has 1 aromatic heterocycles. The molecule has 0 aliphatic carbocycles. The first kappa shape index (κ1) is 15.7. The monoisotopic (exact) mass is 291 g/mol. The maximum absolute atomic E-state index is 4.46. The van der Waals surface area contributed by atoms with Crippen molar-refractivity contribution >= 4 is 0 Å². The van der Waals surface area contributed by atoms with Gasteiger partial charge in [0.1, 0.15) is 6.33 Å². The Morgan fingerprint density at radius 2 is 1.45 bits per heavy atom. The van der Waals surface area contributed by atoms with Crippen LogP contribution < -0.4 is 0 Å². The van der Waals surface area contributed by atoms with Crippen LogP contribution in [0.15, 0.2) is 78.6 Å². The molecule has 0 aliphatic rings. The fourth-order valence-corrected chi connectivity index (χ4v) is 1.69. The number of hydrogen-bond acceptors (Lipinski definition) is 2. The standard InChI is InChI=1S/C14H11N3.C5H10/c1-3-7-12(8-4-1)14-15-11-17(16-14)13-9-5-2-6-10-13;1-4-5(2)3/h1-11H;4H,1-3H3. The number of benzene rings is 2. The number of aromatic nitrogens is 3. The van der Waals surface area contributed by atoms with Crippen molar-refractivity contribution in [2.24, 2.45) is 0 Å². The summed E-state index contributed by atoms with van der Waals surface area (Å²) in [5.41, 5.74) is 3.43. The molecule has 112 valence electrons. The number of nitrogens with zero attached hydrogens (tertiary/aromatic N) is 3. The molecule has 1 heterocycles. The zero-order chi connectivity index (χ0) is 15.8. The molecule has 2 aromatic carbocycles. The van der Waals surface area contributed by atoms with Crippen LogP contribution in [-0.4, -0.2) is 14.8 Å². The first-order chi connectivity index (χ1) is 10.7. The van der Waals surface area contributed by atoms with Crippen molar-refractivity contribution in [1.29, 1.82) is 0 Å². The van der Waals surface area contributed by atoms with Gasteiger partial charge < -0.3 is 0 Å². The molecule has 0 fully saturated rings. The van der Waals surface area contributed by atoms with Crippen LogP contribution in [-0.2, 0) is 0 Å². The maximum atomic E-state index is 4.46. The van der Waals surface area contributed by atoms with Crippen molar-refractivity contribution < 1.29 is 0 Å². The number of para-hydroxylation sites is 1. The Morgan fingerprint density at radius 1 is 0.909 bits per heavy atom. The van der Waals surface area contributed by atoms with E-state index in [1.807, 2.05) is 67.6 Å². The third-order valence-corrected chi connectivity index (χ3v) is 3.12. The van der Waals surface area contributed by atoms with E-state index in [0.29, 0.717) is 0 Å². The second-order valence-corrected chi connectivity index (χ2v) is 5.08. The fourth-order valence-electron chi connectivity index (χ4n) is 1.69. The Kier molecular flexibility index (Phi) is 5.66. The van der Waals surface area contributed by atoms with Crippen LogP contribution in [0.25, 0.3) is 17.1 Å². The molecule has 0 N–H and O–H groups in total. The van der Waals surface area contributed by atoms with E-state index < -0.39 is 0 Å². The largest absolute Gasteiger partial charge is 0.220 e. The van der Waals surface area contributed by atoms with Gasteiger partial charge in [0.25, 0.3) is 0 Å². The van der Waals surface area contributed by atoms with Crippen molar-refractivity contribution in [2.45, 2.75) is 20.8 Å². The summed E-state index contributed by atoms with van der Waals surface area (Å²) < 4.78 is 1.78. The number of hydrogen-bond donors (Lipinski definition) is 0. The molecule has 0 aliphatic heterocycles. The van der Waals surface area contributed by atoms with Gasteiger partial charge in [-0.25, -0.2) is 9.67 Å². The van der Waals surface area contributed by atoms with E-state index in [9.17, 15) is 0 Å². The van der Waals surface area contributed by atoms with Crippen LogP contribution in [0.3, 0.4) is 0 Å². The molecule has 22 heavy (non-hydrogen) atoms. The third kappa shape index (κ3) is 4.42. The van der Waals surface area contributed by atoms with E-state index in [1.54, 1.807) is 11.0 Å². The average Bonchev–Trinajstić information content (AvgIpc) is 3.07. The smallest absolute Gasteiger partial charge is 0.181 e. The molecule has 0 bridgehead atoms. The Hall–Kier alpha value is -2.68. The van der Waals surface area contributed by atoms with E-state index in [1.165, 1.54) is 5.57 Å². The van der Waals surface area contributed by atoms with Crippen LogP contribution in [0.4, 0.5) is 0 Å². The normalized spacial score (nSPS) is 9.59. The molecule has 0 saturated carbocycles. The number of allylic oxidation sites excluding steroid dienone is 2. The van der Waals surface area contributed by atoms with E-state index >= 15 is 0 Å². The third-order valence-electron chi connectivity index (χ3n) is 3.12. The molecule has 0 spiro atoms. The zero-order valence-corrected chi connectivity index (χ0v) is 13.3. The van der Waals surface area contributed by atoms with Crippen LogP contribution >= 0.6 is 0 Å². The molecular weight excluding hydrogens is 270 g/mol. The first-order valence-corrected chi connectivity index (χ1v) is 7.32. The Bertz CT molecular complexity index is 655. The van der Waals surface area contributed by atoms with Crippen molar-refractivity contribution in [3.8, 4) is 17.1 Å². The molecule has 3 rings (SSSR count). The van der Waals surface area contributed by atoms with Gasteiger partial charge in [0.15, 0.2) is 5.82 Å². The summed E-state index contributed by atoms with van der Waals surface area (Å²) in [6.45, 7) is 6.20. The van der Waals surface area contributed by atoms with E-state index in [4.69, 9.17) is 0 Å². The summed E-state index contributed by atoms with van der Waals surface area (Å²) in [5, 5.41) is 4.46. The first-order valence-electron chi connectivity index (χ1n) is 7.32. The minimum Gasteiger partial charge on any atom is -0.220 e. The van der Waals surface area contributed by atoms with E-state index in [2.05, 4.69) is 30.0 Å². The van der Waals surface area contributed by atoms with Crippen LogP contribution in [0.1, 0.15) is 20.8 Å².